The highest BCUT2D eigenvalue weighted by Gasteiger charge is 2.37. The van der Waals surface area contributed by atoms with Crippen molar-refractivity contribution < 1.29 is 26.7 Å². The lowest BCUT2D eigenvalue weighted by Crippen LogP contribution is -2.31. The molecule has 1 fully saturated rings. The Kier molecular flexibility index (Phi) is 4.05. The van der Waals surface area contributed by atoms with Crippen molar-refractivity contribution in [2.24, 2.45) is 0 Å². The largest absolute Gasteiger partial charge is 0.416 e. The molecule has 0 aromatic heterocycles. The molecule has 0 bridgehead atoms. The fraction of sp³-hybridized carbons (Fsp3) is 0.455. The van der Waals surface area contributed by atoms with E-state index in [1.54, 1.807) is 0 Å². The van der Waals surface area contributed by atoms with Crippen molar-refractivity contribution in [3.05, 3.63) is 28.2 Å². The maximum absolute atomic E-state index is 12.7. The molecule has 1 aliphatic heterocycles. The molecule has 20 heavy (non-hydrogen) atoms. The van der Waals surface area contributed by atoms with Gasteiger partial charge in [-0.05, 0) is 18.2 Å². The number of anilines is 1. The van der Waals surface area contributed by atoms with Crippen LogP contribution in [0.25, 0.3) is 0 Å². The molecular formula is C11H11BrF3NO3S. The summed E-state index contributed by atoms with van der Waals surface area (Å²) in [7, 11) is -3.36. The fourth-order valence-corrected chi connectivity index (χ4v) is 4.25. The number of hydrogen-bond donors (Lipinski definition) is 2. The molecule has 2 unspecified atom stereocenters. The Labute approximate surface area is 122 Å². The number of sulfone groups is 1. The number of benzene rings is 1. The van der Waals surface area contributed by atoms with Gasteiger partial charge in [0.2, 0.25) is 0 Å². The minimum Gasteiger partial charge on any atom is -0.390 e. The van der Waals surface area contributed by atoms with Gasteiger partial charge in [0.05, 0.1) is 29.2 Å². The Bertz CT molecular complexity index is 618. The topological polar surface area (TPSA) is 66.4 Å². The van der Waals surface area contributed by atoms with Gasteiger partial charge in [-0.2, -0.15) is 13.2 Å². The molecule has 2 N–H and O–H groups in total. The standard InChI is InChI=1S/C11H11BrF3NO3S/c12-7-1-6(11(13,14)15)2-8(3-7)16-9-4-20(18,19)5-10(9)17/h1-3,9-10,16-17H,4-5H2. The van der Waals surface area contributed by atoms with Gasteiger partial charge >= 0.3 is 6.18 Å². The Morgan fingerprint density at radius 1 is 1.25 bits per heavy atom. The molecule has 1 aliphatic rings. The molecule has 0 radical (unpaired) electrons. The van der Waals surface area contributed by atoms with E-state index in [1.807, 2.05) is 0 Å². The molecule has 4 nitrogen and oxygen atoms in total. The molecule has 112 valence electrons. The highest BCUT2D eigenvalue weighted by atomic mass is 79.9. The number of nitrogens with one attached hydrogen (secondary N) is 1. The summed E-state index contributed by atoms with van der Waals surface area (Å²) in [4.78, 5) is 0. The van der Waals surface area contributed by atoms with E-state index in [0.717, 1.165) is 12.1 Å². The van der Waals surface area contributed by atoms with E-state index in [2.05, 4.69) is 21.2 Å². The van der Waals surface area contributed by atoms with Gasteiger partial charge in [0.1, 0.15) is 0 Å². The van der Waals surface area contributed by atoms with Gasteiger partial charge in [0.25, 0.3) is 0 Å². The first-order valence-corrected chi connectivity index (χ1v) is 8.21. The maximum Gasteiger partial charge on any atom is 0.416 e. The van der Waals surface area contributed by atoms with Crippen molar-refractivity contribution in [2.75, 3.05) is 16.8 Å². The lowest BCUT2D eigenvalue weighted by molar-refractivity contribution is -0.137. The second-order valence-electron chi connectivity index (χ2n) is 4.62. The summed E-state index contributed by atoms with van der Waals surface area (Å²) in [6.45, 7) is 0. The average Bonchev–Trinajstić information content (AvgIpc) is 2.49. The van der Waals surface area contributed by atoms with Crippen LogP contribution in [0.4, 0.5) is 18.9 Å². The van der Waals surface area contributed by atoms with E-state index in [0.29, 0.717) is 0 Å². The molecule has 2 atom stereocenters. The van der Waals surface area contributed by atoms with Crippen molar-refractivity contribution in [1.29, 1.82) is 0 Å². The molecule has 0 spiro atoms. The number of halogens is 4. The van der Waals surface area contributed by atoms with Crippen LogP contribution in [0.3, 0.4) is 0 Å². The summed E-state index contributed by atoms with van der Waals surface area (Å²) in [5, 5.41) is 12.2. The summed E-state index contributed by atoms with van der Waals surface area (Å²) in [5.74, 6) is -0.688. The van der Waals surface area contributed by atoms with Gasteiger partial charge in [-0.1, -0.05) is 15.9 Å². The summed E-state index contributed by atoms with van der Waals surface area (Å²) in [6.07, 6.45) is -5.63. The summed E-state index contributed by atoms with van der Waals surface area (Å²) >= 11 is 2.97. The molecule has 1 saturated heterocycles. The molecule has 1 heterocycles. The van der Waals surface area contributed by atoms with Crippen LogP contribution in [0.15, 0.2) is 22.7 Å². The van der Waals surface area contributed by atoms with Crippen LogP contribution in [-0.2, 0) is 16.0 Å². The lowest BCUT2D eigenvalue weighted by atomic mass is 10.1. The van der Waals surface area contributed by atoms with Crippen LogP contribution in [0, 0.1) is 0 Å². The second kappa shape index (κ2) is 5.19. The minimum absolute atomic E-state index is 0.104. The Morgan fingerprint density at radius 3 is 2.40 bits per heavy atom. The zero-order valence-electron chi connectivity index (χ0n) is 9.98. The quantitative estimate of drug-likeness (QED) is 0.832. The van der Waals surface area contributed by atoms with E-state index in [1.165, 1.54) is 6.07 Å². The SMILES string of the molecule is O=S1(=O)CC(O)C(Nc2cc(Br)cc(C(F)(F)F)c2)C1. The van der Waals surface area contributed by atoms with Crippen molar-refractivity contribution >= 4 is 31.5 Å². The summed E-state index contributed by atoms with van der Waals surface area (Å²) in [6, 6.07) is 2.39. The zero-order chi connectivity index (χ0) is 15.1. The third-order valence-electron chi connectivity index (χ3n) is 2.90. The van der Waals surface area contributed by atoms with Crippen molar-refractivity contribution in [1.82, 2.24) is 0 Å². The molecule has 0 aliphatic carbocycles. The van der Waals surface area contributed by atoms with Crippen LogP contribution < -0.4 is 5.32 Å². The first kappa shape index (κ1) is 15.6. The van der Waals surface area contributed by atoms with Gasteiger partial charge in [0, 0.05) is 10.2 Å². The number of rotatable bonds is 2. The van der Waals surface area contributed by atoms with E-state index >= 15 is 0 Å². The molecular weight excluding hydrogens is 363 g/mol. The lowest BCUT2D eigenvalue weighted by Gasteiger charge is -2.18. The number of aliphatic hydroxyl groups excluding tert-OH is 1. The summed E-state index contributed by atoms with van der Waals surface area (Å²) in [5.41, 5.74) is -0.752. The van der Waals surface area contributed by atoms with E-state index in [4.69, 9.17) is 0 Å². The van der Waals surface area contributed by atoms with E-state index < -0.39 is 33.7 Å². The predicted octanol–water partition coefficient (Wildman–Crippen LogP) is 2.04. The monoisotopic (exact) mass is 373 g/mol. The first-order valence-electron chi connectivity index (χ1n) is 5.60. The van der Waals surface area contributed by atoms with Gasteiger partial charge < -0.3 is 10.4 Å². The smallest absolute Gasteiger partial charge is 0.390 e. The third kappa shape index (κ3) is 3.64. The van der Waals surface area contributed by atoms with Crippen LogP contribution in [0.5, 0.6) is 0 Å². The third-order valence-corrected chi connectivity index (χ3v) is 5.07. The molecule has 1 aromatic rings. The Hall–Kier alpha value is -0.800. The van der Waals surface area contributed by atoms with Gasteiger partial charge in [-0.15, -0.1) is 0 Å². The molecule has 2 rings (SSSR count). The Morgan fingerprint density at radius 2 is 1.90 bits per heavy atom. The molecule has 9 heteroatoms. The Balaban J connectivity index is 2.24. The van der Waals surface area contributed by atoms with Crippen molar-refractivity contribution in [3.8, 4) is 0 Å². The first-order chi connectivity index (χ1) is 9.07. The maximum atomic E-state index is 12.7. The average molecular weight is 374 g/mol. The van der Waals surface area contributed by atoms with Crippen LogP contribution in [0.1, 0.15) is 5.56 Å². The van der Waals surface area contributed by atoms with Crippen molar-refractivity contribution in [2.45, 2.75) is 18.3 Å². The summed E-state index contributed by atoms with van der Waals surface area (Å²) < 4.78 is 60.9. The predicted molar refractivity (Wildman–Crippen MR) is 71.2 cm³/mol. The van der Waals surface area contributed by atoms with Gasteiger partial charge in [-0.3, -0.25) is 0 Å². The second-order valence-corrected chi connectivity index (χ2v) is 7.69. The van der Waals surface area contributed by atoms with Gasteiger partial charge in [0.15, 0.2) is 9.84 Å². The molecule has 1 aromatic carbocycles. The highest BCUT2D eigenvalue weighted by Crippen LogP contribution is 2.34. The number of alkyl halides is 3. The molecule has 0 amide bonds. The number of aliphatic hydroxyl groups is 1. The fourth-order valence-electron chi connectivity index (χ4n) is 2.02. The number of hydrogen-bond acceptors (Lipinski definition) is 4. The van der Waals surface area contributed by atoms with E-state index in [9.17, 15) is 26.7 Å². The van der Waals surface area contributed by atoms with Gasteiger partial charge in [-0.25, -0.2) is 8.42 Å². The van der Waals surface area contributed by atoms with Crippen LogP contribution >= 0.6 is 15.9 Å². The molecule has 0 saturated carbocycles. The minimum atomic E-state index is -4.50. The van der Waals surface area contributed by atoms with Crippen molar-refractivity contribution in [3.63, 3.8) is 0 Å². The normalized spacial score (nSPS) is 25.6. The van der Waals surface area contributed by atoms with E-state index in [-0.39, 0.29) is 21.7 Å². The zero-order valence-corrected chi connectivity index (χ0v) is 12.4. The van der Waals surface area contributed by atoms with Crippen LogP contribution in [-0.4, -0.2) is 37.2 Å². The van der Waals surface area contributed by atoms with Crippen LogP contribution in [0.2, 0.25) is 0 Å². The highest BCUT2D eigenvalue weighted by molar-refractivity contribution is 9.10.